The number of hydrogen-bond acceptors (Lipinski definition) is 6. The van der Waals surface area contributed by atoms with E-state index < -0.39 is 23.0 Å². The number of methoxy groups -OCH3 is 1. The monoisotopic (exact) mass is 414 g/mol. The number of ether oxygens (including phenoxy) is 1. The molecule has 0 saturated heterocycles. The molecule has 2 aliphatic rings. The van der Waals surface area contributed by atoms with Crippen molar-refractivity contribution in [3.63, 3.8) is 0 Å². The van der Waals surface area contributed by atoms with E-state index in [2.05, 4.69) is 6.92 Å². The van der Waals surface area contributed by atoms with Crippen LogP contribution in [0.25, 0.3) is 10.9 Å². The Morgan fingerprint density at radius 1 is 1.20 bits per heavy atom. The molecule has 1 N–H and O–H groups in total. The molecule has 160 valence electrons. The number of esters is 1. The fourth-order valence-corrected chi connectivity index (χ4v) is 5.15. The minimum atomic E-state index is -2.51. The average Bonchev–Trinajstić information content (AvgIpc) is 3.08. The number of amides is 1. The third-order valence-corrected chi connectivity index (χ3v) is 6.46. The van der Waals surface area contributed by atoms with Crippen LogP contribution in [-0.2, 0) is 30.3 Å². The van der Waals surface area contributed by atoms with Crippen LogP contribution in [0.1, 0.15) is 61.5 Å². The maximum Gasteiger partial charge on any atom is 0.367 e. The third kappa shape index (κ3) is 2.56. The number of nitrogens with zero attached hydrogens (tertiary/aromatic N) is 2. The van der Waals surface area contributed by atoms with Gasteiger partial charge in [-0.3, -0.25) is 19.0 Å². The minimum Gasteiger partial charge on any atom is -0.465 e. The number of hydrogen-bond donors (Lipinski definition) is 1. The van der Waals surface area contributed by atoms with Gasteiger partial charge in [0.2, 0.25) is 5.91 Å². The lowest BCUT2D eigenvalue weighted by Gasteiger charge is -2.37. The van der Waals surface area contributed by atoms with E-state index in [4.69, 9.17) is 9.57 Å². The smallest absolute Gasteiger partial charge is 0.367 e. The summed E-state index contributed by atoms with van der Waals surface area (Å²) in [5, 5.41) is 13.0. The number of unbranched alkanes of at least 4 members (excludes halogenated alkanes) is 1. The quantitative estimate of drug-likeness (QED) is 0.756. The number of aromatic nitrogens is 1. The van der Waals surface area contributed by atoms with Crippen LogP contribution in [0.3, 0.4) is 0 Å². The summed E-state index contributed by atoms with van der Waals surface area (Å²) in [5.74, 6) is -1.69. The molecule has 1 aromatic heterocycles. The van der Waals surface area contributed by atoms with Gasteiger partial charge < -0.3 is 9.84 Å². The van der Waals surface area contributed by atoms with Crippen molar-refractivity contribution in [1.82, 2.24) is 9.63 Å². The number of benzene rings is 1. The first kappa shape index (κ1) is 20.6. The van der Waals surface area contributed by atoms with Gasteiger partial charge in [0.25, 0.3) is 11.6 Å². The molecule has 0 saturated carbocycles. The fourth-order valence-electron chi connectivity index (χ4n) is 5.15. The fraction of sp³-hybridized carbons (Fsp3) is 0.500. The van der Waals surface area contributed by atoms with Gasteiger partial charge in [-0.2, -0.15) is 5.06 Å². The van der Waals surface area contributed by atoms with E-state index >= 15 is 0 Å². The lowest BCUT2D eigenvalue weighted by atomic mass is 9.70. The van der Waals surface area contributed by atoms with E-state index in [0.717, 1.165) is 20.0 Å². The van der Waals surface area contributed by atoms with Crippen LogP contribution in [0.15, 0.2) is 24.3 Å². The first-order valence-corrected chi connectivity index (χ1v) is 10.2. The Kier molecular flexibility index (Phi) is 4.94. The normalized spacial score (nSPS) is 25.9. The molecule has 2 aliphatic heterocycles. The van der Waals surface area contributed by atoms with Crippen molar-refractivity contribution < 1.29 is 29.1 Å². The van der Waals surface area contributed by atoms with E-state index in [1.165, 1.54) is 7.11 Å². The second kappa shape index (κ2) is 7.21. The summed E-state index contributed by atoms with van der Waals surface area (Å²) in [4.78, 5) is 44.5. The zero-order chi connectivity index (χ0) is 21.7. The molecule has 8 heteroatoms. The van der Waals surface area contributed by atoms with E-state index in [0.29, 0.717) is 34.5 Å². The first-order chi connectivity index (χ1) is 14.4. The number of para-hydroxylation sites is 1. The summed E-state index contributed by atoms with van der Waals surface area (Å²) in [7, 11) is 2.37. The maximum atomic E-state index is 13.3. The largest absolute Gasteiger partial charge is 0.465 e. The van der Waals surface area contributed by atoms with Gasteiger partial charge in [0, 0.05) is 34.9 Å². The Hall–Kier alpha value is -2.71. The van der Waals surface area contributed by atoms with Crippen LogP contribution in [0.5, 0.6) is 0 Å². The third-order valence-electron chi connectivity index (χ3n) is 6.46. The molecular formula is C22H26N2O6. The zero-order valence-corrected chi connectivity index (χ0v) is 17.4. The lowest BCUT2D eigenvalue weighted by molar-refractivity contribution is -0.271. The van der Waals surface area contributed by atoms with Crippen molar-refractivity contribution in [3.8, 4) is 0 Å². The molecule has 2 atom stereocenters. The summed E-state index contributed by atoms with van der Waals surface area (Å²) >= 11 is 0. The van der Waals surface area contributed by atoms with E-state index in [-0.39, 0.29) is 24.3 Å². The summed E-state index contributed by atoms with van der Waals surface area (Å²) < 4.78 is 6.50. The molecule has 0 radical (unpaired) electrons. The molecule has 8 nitrogen and oxygen atoms in total. The molecule has 0 spiro atoms. The van der Waals surface area contributed by atoms with Gasteiger partial charge in [-0.1, -0.05) is 38.0 Å². The van der Waals surface area contributed by atoms with E-state index in [9.17, 15) is 19.5 Å². The van der Waals surface area contributed by atoms with Crippen molar-refractivity contribution in [2.24, 2.45) is 0 Å². The molecule has 4 rings (SSSR count). The number of rotatable bonds is 5. The molecule has 1 aromatic carbocycles. The molecule has 0 bridgehead atoms. The van der Waals surface area contributed by atoms with Crippen molar-refractivity contribution in [1.29, 1.82) is 0 Å². The number of fused-ring (bicyclic) bond motifs is 3. The second-order valence-corrected chi connectivity index (χ2v) is 8.07. The van der Waals surface area contributed by atoms with Gasteiger partial charge in [-0.25, -0.2) is 4.79 Å². The topological polar surface area (TPSA) is 98.1 Å². The molecule has 1 amide bonds. The summed E-state index contributed by atoms with van der Waals surface area (Å²) in [6.45, 7) is 2.06. The van der Waals surface area contributed by atoms with Gasteiger partial charge in [0.1, 0.15) is 0 Å². The standard InChI is InChI=1S/C22H26N2O6/c1-4-5-11-21-12-10-16(25)23-15-9-7-6-8-14(15)18(19(21)23)22(28,20(27)29-2)24(30-3)17(26)13-21/h6-9,28H,4-5,10-13H2,1-3H3/t21-,22+/m1/s1. The van der Waals surface area contributed by atoms with Crippen LogP contribution in [0.2, 0.25) is 0 Å². The predicted molar refractivity (Wildman–Crippen MR) is 107 cm³/mol. The Balaban J connectivity index is 2.18. The number of aliphatic hydroxyl groups is 1. The van der Waals surface area contributed by atoms with Crippen molar-refractivity contribution >= 4 is 28.7 Å². The highest BCUT2D eigenvalue weighted by Gasteiger charge is 2.60. The SMILES string of the molecule is CCCC[C@]12CCC(=O)n3c1c(c1ccccc13)[C@](O)(C(=O)OC)N(OC)C(=O)C2. The highest BCUT2D eigenvalue weighted by atomic mass is 16.7. The summed E-state index contributed by atoms with van der Waals surface area (Å²) in [6, 6.07) is 7.10. The van der Waals surface area contributed by atoms with Gasteiger partial charge in [-0.15, -0.1) is 0 Å². The highest BCUT2D eigenvalue weighted by molar-refractivity contribution is 6.02. The first-order valence-electron chi connectivity index (χ1n) is 10.2. The Bertz CT molecular complexity index is 1040. The van der Waals surface area contributed by atoms with Crippen molar-refractivity contribution in [3.05, 3.63) is 35.5 Å². The number of hydroxylamine groups is 2. The molecule has 0 unspecified atom stereocenters. The number of carbonyl (C=O) groups is 3. The molecule has 0 aliphatic carbocycles. The van der Waals surface area contributed by atoms with Crippen LogP contribution in [-0.4, -0.2) is 46.7 Å². The highest BCUT2D eigenvalue weighted by Crippen LogP contribution is 2.52. The van der Waals surface area contributed by atoms with Gasteiger partial charge in [-0.05, 0) is 18.9 Å². The van der Waals surface area contributed by atoms with Crippen LogP contribution >= 0.6 is 0 Å². The molecule has 2 aromatic rings. The van der Waals surface area contributed by atoms with Gasteiger partial charge in [0.05, 0.1) is 19.7 Å². The van der Waals surface area contributed by atoms with Crippen LogP contribution < -0.4 is 0 Å². The minimum absolute atomic E-state index is 0.0245. The Morgan fingerprint density at radius 2 is 1.93 bits per heavy atom. The molecule has 3 heterocycles. The molecular weight excluding hydrogens is 388 g/mol. The van der Waals surface area contributed by atoms with Crippen molar-refractivity contribution in [2.45, 2.75) is 56.6 Å². The maximum absolute atomic E-state index is 13.3. The van der Waals surface area contributed by atoms with E-state index in [1.807, 2.05) is 0 Å². The van der Waals surface area contributed by atoms with Gasteiger partial charge >= 0.3 is 5.97 Å². The van der Waals surface area contributed by atoms with Crippen LogP contribution in [0, 0.1) is 0 Å². The molecule has 30 heavy (non-hydrogen) atoms. The number of carbonyl (C=O) groups excluding carboxylic acids is 3. The van der Waals surface area contributed by atoms with Crippen molar-refractivity contribution in [2.75, 3.05) is 14.2 Å². The Labute approximate surface area is 174 Å². The molecule has 0 fully saturated rings. The van der Waals surface area contributed by atoms with Crippen LogP contribution in [0.4, 0.5) is 0 Å². The summed E-state index contributed by atoms with van der Waals surface area (Å²) in [6.07, 6.45) is 3.18. The average molecular weight is 414 g/mol. The van der Waals surface area contributed by atoms with E-state index in [1.54, 1.807) is 28.8 Å². The Morgan fingerprint density at radius 3 is 2.60 bits per heavy atom. The zero-order valence-electron chi connectivity index (χ0n) is 17.4. The lowest BCUT2D eigenvalue weighted by Crippen LogP contribution is -2.54. The predicted octanol–water partition coefficient (Wildman–Crippen LogP) is 2.62. The second-order valence-electron chi connectivity index (χ2n) is 8.07. The van der Waals surface area contributed by atoms with Gasteiger partial charge in [0.15, 0.2) is 0 Å². The summed E-state index contributed by atoms with van der Waals surface area (Å²) in [5.41, 5.74) is -1.88.